The summed E-state index contributed by atoms with van der Waals surface area (Å²) >= 11 is 0. The van der Waals surface area contributed by atoms with Gasteiger partial charge in [-0.2, -0.15) is 0 Å². The summed E-state index contributed by atoms with van der Waals surface area (Å²) in [4.78, 5) is 23.0. The van der Waals surface area contributed by atoms with Crippen LogP contribution < -0.4 is 10.1 Å². The van der Waals surface area contributed by atoms with Gasteiger partial charge in [0.25, 0.3) is 11.6 Å². The first-order valence-electron chi connectivity index (χ1n) is 8.86. The topological polar surface area (TPSA) is 81.5 Å². The van der Waals surface area contributed by atoms with E-state index in [-0.39, 0.29) is 17.6 Å². The predicted octanol–water partition coefficient (Wildman–Crippen LogP) is 4.27. The van der Waals surface area contributed by atoms with Crippen LogP contribution in [-0.2, 0) is 4.79 Å². The maximum absolute atomic E-state index is 12.7. The molecule has 0 spiro atoms. The molecule has 0 aromatic heterocycles. The molecule has 0 saturated carbocycles. The normalized spacial score (nSPS) is 11.6. The smallest absolute Gasteiger partial charge is 0.269 e. The number of ether oxygens (including phenoxy) is 1. The molecule has 3 aromatic carbocycles. The van der Waals surface area contributed by atoms with Gasteiger partial charge >= 0.3 is 0 Å². The molecule has 1 amide bonds. The minimum atomic E-state index is -0.767. The molecule has 3 aromatic rings. The third-order valence-electron chi connectivity index (χ3n) is 4.28. The van der Waals surface area contributed by atoms with Gasteiger partial charge in [-0.15, -0.1) is 0 Å². The van der Waals surface area contributed by atoms with Crippen molar-refractivity contribution in [2.24, 2.45) is 0 Å². The molecule has 0 fully saturated rings. The van der Waals surface area contributed by atoms with E-state index in [0.29, 0.717) is 5.75 Å². The standard InChI is InChI=1S/C22H20N2O4/c1-16(28-20-14-12-19(13-15-20)24(26)27)22(25)23-21(17-8-4-2-5-9-17)18-10-6-3-7-11-18/h2-16,21H,1H3,(H,23,25). The van der Waals surface area contributed by atoms with E-state index in [1.165, 1.54) is 24.3 Å². The fourth-order valence-corrected chi connectivity index (χ4v) is 2.81. The SMILES string of the molecule is CC(Oc1ccc([N+](=O)[O-])cc1)C(=O)NC(c1ccccc1)c1ccccc1. The Kier molecular flexibility index (Phi) is 6.01. The summed E-state index contributed by atoms with van der Waals surface area (Å²) in [6.45, 7) is 1.64. The molecule has 142 valence electrons. The number of amides is 1. The average Bonchev–Trinajstić information content (AvgIpc) is 2.73. The maximum Gasteiger partial charge on any atom is 0.269 e. The van der Waals surface area contributed by atoms with Gasteiger partial charge in [-0.25, -0.2) is 0 Å². The van der Waals surface area contributed by atoms with Gasteiger partial charge < -0.3 is 10.1 Å². The number of carbonyl (C=O) groups is 1. The van der Waals surface area contributed by atoms with Gasteiger partial charge in [-0.05, 0) is 30.2 Å². The number of nitrogens with one attached hydrogen (secondary N) is 1. The van der Waals surface area contributed by atoms with E-state index < -0.39 is 11.0 Å². The number of carbonyl (C=O) groups excluding carboxylic acids is 1. The molecule has 0 heterocycles. The van der Waals surface area contributed by atoms with Crippen LogP contribution in [0.4, 0.5) is 5.69 Å². The van der Waals surface area contributed by atoms with E-state index >= 15 is 0 Å². The highest BCUT2D eigenvalue weighted by Crippen LogP contribution is 2.23. The lowest BCUT2D eigenvalue weighted by molar-refractivity contribution is -0.384. The van der Waals surface area contributed by atoms with E-state index in [1.807, 2.05) is 60.7 Å². The Balaban J connectivity index is 1.73. The molecule has 0 aliphatic carbocycles. The summed E-state index contributed by atoms with van der Waals surface area (Å²) < 4.78 is 5.65. The second kappa shape index (κ2) is 8.81. The minimum absolute atomic E-state index is 0.0299. The molecular weight excluding hydrogens is 356 g/mol. The zero-order chi connectivity index (χ0) is 19.9. The number of rotatable bonds is 7. The predicted molar refractivity (Wildman–Crippen MR) is 106 cm³/mol. The van der Waals surface area contributed by atoms with Crippen molar-refractivity contribution in [2.75, 3.05) is 0 Å². The Labute approximate surface area is 162 Å². The highest BCUT2D eigenvalue weighted by Gasteiger charge is 2.21. The van der Waals surface area contributed by atoms with Crippen LogP contribution >= 0.6 is 0 Å². The van der Waals surface area contributed by atoms with Crippen LogP contribution in [0.3, 0.4) is 0 Å². The summed E-state index contributed by atoms with van der Waals surface area (Å²) in [7, 11) is 0. The quantitative estimate of drug-likeness (QED) is 0.493. The Morgan fingerprint density at radius 3 is 1.86 bits per heavy atom. The number of nitrogens with zero attached hydrogens (tertiary/aromatic N) is 1. The first-order valence-corrected chi connectivity index (χ1v) is 8.86. The van der Waals surface area contributed by atoms with Crippen molar-refractivity contribution in [3.63, 3.8) is 0 Å². The van der Waals surface area contributed by atoms with Crippen molar-refractivity contribution in [1.29, 1.82) is 0 Å². The molecule has 0 radical (unpaired) electrons. The van der Waals surface area contributed by atoms with Gasteiger partial charge in [0.2, 0.25) is 0 Å². The number of non-ortho nitro benzene ring substituents is 1. The second-order valence-electron chi connectivity index (χ2n) is 6.27. The first kappa shape index (κ1) is 19.1. The molecule has 28 heavy (non-hydrogen) atoms. The maximum atomic E-state index is 12.7. The second-order valence-corrected chi connectivity index (χ2v) is 6.27. The van der Waals surface area contributed by atoms with Gasteiger partial charge in [0.1, 0.15) is 5.75 Å². The minimum Gasteiger partial charge on any atom is -0.481 e. The highest BCUT2D eigenvalue weighted by atomic mass is 16.6. The number of benzene rings is 3. The van der Waals surface area contributed by atoms with Crippen molar-refractivity contribution >= 4 is 11.6 Å². The van der Waals surface area contributed by atoms with Crippen LogP contribution in [-0.4, -0.2) is 16.9 Å². The van der Waals surface area contributed by atoms with Crippen molar-refractivity contribution in [1.82, 2.24) is 5.32 Å². The van der Waals surface area contributed by atoms with Crippen LogP contribution in [0.5, 0.6) is 5.75 Å². The molecule has 1 N–H and O–H groups in total. The van der Waals surface area contributed by atoms with E-state index in [1.54, 1.807) is 6.92 Å². The summed E-state index contributed by atoms with van der Waals surface area (Å²) in [5, 5.41) is 13.8. The number of nitro benzene ring substituents is 1. The van der Waals surface area contributed by atoms with Crippen molar-refractivity contribution < 1.29 is 14.5 Å². The molecule has 6 nitrogen and oxygen atoms in total. The third kappa shape index (κ3) is 4.73. The van der Waals surface area contributed by atoms with Gasteiger partial charge in [-0.1, -0.05) is 60.7 Å². The van der Waals surface area contributed by atoms with Gasteiger partial charge in [-0.3, -0.25) is 14.9 Å². The lowest BCUT2D eigenvalue weighted by Gasteiger charge is -2.22. The van der Waals surface area contributed by atoms with Gasteiger partial charge in [0, 0.05) is 12.1 Å². The van der Waals surface area contributed by atoms with Crippen molar-refractivity contribution in [2.45, 2.75) is 19.1 Å². The van der Waals surface area contributed by atoms with Crippen LogP contribution in [0.25, 0.3) is 0 Å². The van der Waals surface area contributed by atoms with E-state index in [2.05, 4.69) is 5.32 Å². The summed E-state index contributed by atoms with van der Waals surface area (Å²) in [5.74, 6) is 0.111. The lowest BCUT2D eigenvalue weighted by Crippen LogP contribution is -2.39. The Hall–Kier alpha value is -3.67. The average molecular weight is 376 g/mol. The fraction of sp³-hybridized carbons (Fsp3) is 0.136. The number of hydrogen-bond donors (Lipinski definition) is 1. The molecule has 0 bridgehead atoms. The van der Waals surface area contributed by atoms with Crippen LogP contribution in [0.2, 0.25) is 0 Å². The van der Waals surface area contributed by atoms with Crippen LogP contribution in [0, 0.1) is 10.1 Å². The van der Waals surface area contributed by atoms with Crippen LogP contribution in [0.1, 0.15) is 24.1 Å². The zero-order valence-corrected chi connectivity index (χ0v) is 15.3. The zero-order valence-electron chi connectivity index (χ0n) is 15.3. The van der Waals surface area contributed by atoms with Gasteiger partial charge in [0.05, 0.1) is 11.0 Å². The molecule has 1 unspecified atom stereocenters. The third-order valence-corrected chi connectivity index (χ3v) is 4.28. The molecule has 0 aliphatic heterocycles. The van der Waals surface area contributed by atoms with E-state index in [4.69, 9.17) is 4.74 Å². The molecule has 6 heteroatoms. The Morgan fingerprint density at radius 2 is 1.39 bits per heavy atom. The largest absolute Gasteiger partial charge is 0.481 e. The molecule has 0 saturated heterocycles. The Morgan fingerprint density at radius 1 is 0.893 bits per heavy atom. The monoisotopic (exact) mass is 376 g/mol. The molecular formula is C22H20N2O4. The van der Waals surface area contributed by atoms with Gasteiger partial charge in [0.15, 0.2) is 6.10 Å². The van der Waals surface area contributed by atoms with Crippen molar-refractivity contribution in [3.05, 3.63) is 106 Å². The summed E-state index contributed by atoms with van der Waals surface area (Å²) in [6, 6.07) is 24.7. The van der Waals surface area contributed by atoms with Crippen LogP contribution in [0.15, 0.2) is 84.9 Å². The molecule has 3 rings (SSSR count). The number of hydrogen-bond acceptors (Lipinski definition) is 4. The fourth-order valence-electron chi connectivity index (χ4n) is 2.81. The lowest BCUT2D eigenvalue weighted by atomic mass is 9.98. The van der Waals surface area contributed by atoms with E-state index in [0.717, 1.165) is 11.1 Å². The van der Waals surface area contributed by atoms with Crippen molar-refractivity contribution in [3.8, 4) is 5.75 Å². The summed E-state index contributed by atoms with van der Waals surface area (Å²) in [5.41, 5.74) is 1.90. The Bertz CT molecular complexity index is 888. The first-order chi connectivity index (χ1) is 13.5. The summed E-state index contributed by atoms with van der Waals surface area (Å²) in [6.07, 6.45) is -0.767. The van der Waals surface area contributed by atoms with E-state index in [9.17, 15) is 14.9 Å². The number of nitro groups is 1. The highest BCUT2D eigenvalue weighted by molar-refractivity contribution is 5.81. The molecule has 1 atom stereocenters. The molecule has 0 aliphatic rings.